The molecule has 0 aromatic heterocycles. The topological polar surface area (TPSA) is 110 Å². The van der Waals surface area contributed by atoms with Crippen LogP contribution in [0.5, 0.6) is 5.75 Å². The number of nitro groups is 1. The quantitative estimate of drug-likeness (QED) is 0.501. The number of halogens is 1. The highest BCUT2D eigenvalue weighted by atomic mass is 19.1. The summed E-state index contributed by atoms with van der Waals surface area (Å²) in [5, 5.41) is 28.5. The molecule has 0 unspecified atom stereocenters. The Bertz CT molecular complexity index is 396. The highest BCUT2D eigenvalue weighted by Gasteiger charge is 2.22. The molecule has 0 heterocycles. The number of nitrogens with two attached hydrogens (primary N) is 1. The van der Waals surface area contributed by atoms with E-state index < -0.39 is 34.8 Å². The van der Waals surface area contributed by atoms with Crippen molar-refractivity contribution in [2.75, 3.05) is 6.61 Å². The van der Waals surface area contributed by atoms with Gasteiger partial charge in [0, 0.05) is 5.56 Å². The van der Waals surface area contributed by atoms with Gasteiger partial charge in [0.2, 0.25) is 0 Å². The predicted molar refractivity (Wildman–Crippen MR) is 48.7 cm³/mol. The van der Waals surface area contributed by atoms with Gasteiger partial charge in [-0.1, -0.05) is 0 Å². The smallest absolute Gasteiger partial charge is 0.313 e. The van der Waals surface area contributed by atoms with Crippen LogP contribution in [0.25, 0.3) is 0 Å². The van der Waals surface area contributed by atoms with Gasteiger partial charge in [0.25, 0.3) is 0 Å². The number of hydrogen-bond donors (Lipinski definition) is 3. The Labute approximate surface area is 83.9 Å². The average molecular weight is 216 g/mol. The molecule has 15 heavy (non-hydrogen) atoms. The van der Waals surface area contributed by atoms with Gasteiger partial charge in [-0.05, 0) is 6.07 Å². The van der Waals surface area contributed by atoms with Crippen LogP contribution in [0.1, 0.15) is 11.6 Å². The van der Waals surface area contributed by atoms with Crippen LogP contribution < -0.4 is 5.73 Å². The zero-order chi connectivity index (χ0) is 11.6. The minimum atomic E-state index is -1.06. The fraction of sp³-hybridized carbons (Fsp3) is 0.250. The first-order chi connectivity index (χ1) is 6.97. The number of rotatable bonds is 3. The first kappa shape index (κ1) is 11.3. The van der Waals surface area contributed by atoms with Crippen LogP contribution in [-0.4, -0.2) is 21.7 Å². The molecule has 0 saturated heterocycles. The van der Waals surface area contributed by atoms with Gasteiger partial charge >= 0.3 is 5.69 Å². The maximum atomic E-state index is 12.9. The standard InChI is InChI=1S/C8H9FN2O4/c9-4-1-5(6(10)3-12)8(13)7(2-4)11(14)15/h1-2,6,12-13H,3,10H2/t6-/m0/s1. The minimum absolute atomic E-state index is 0.191. The zero-order valence-electron chi connectivity index (χ0n) is 7.55. The summed E-state index contributed by atoms with van der Waals surface area (Å²) in [6.07, 6.45) is 0. The summed E-state index contributed by atoms with van der Waals surface area (Å²) < 4.78 is 12.9. The monoisotopic (exact) mass is 216 g/mol. The number of hydrogen-bond acceptors (Lipinski definition) is 5. The minimum Gasteiger partial charge on any atom is -0.502 e. The lowest BCUT2D eigenvalue weighted by Gasteiger charge is -2.10. The van der Waals surface area contributed by atoms with E-state index >= 15 is 0 Å². The lowest BCUT2D eigenvalue weighted by atomic mass is 10.1. The van der Waals surface area contributed by atoms with Crippen LogP contribution in [0.15, 0.2) is 12.1 Å². The molecule has 1 aromatic rings. The van der Waals surface area contributed by atoms with Gasteiger partial charge in [0.1, 0.15) is 5.82 Å². The number of nitrogens with zero attached hydrogens (tertiary/aromatic N) is 1. The fourth-order valence-electron chi connectivity index (χ4n) is 1.13. The molecule has 6 nitrogen and oxygen atoms in total. The molecule has 0 aliphatic heterocycles. The molecule has 7 heteroatoms. The summed E-state index contributed by atoms with van der Waals surface area (Å²) in [5.74, 6) is -1.61. The third kappa shape index (κ3) is 2.20. The molecular weight excluding hydrogens is 207 g/mol. The van der Waals surface area contributed by atoms with Crippen molar-refractivity contribution in [3.63, 3.8) is 0 Å². The van der Waals surface area contributed by atoms with E-state index in [-0.39, 0.29) is 5.56 Å². The Morgan fingerprint density at radius 3 is 2.67 bits per heavy atom. The normalized spacial score (nSPS) is 12.5. The van der Waals surface area contributed by atoms with E-state index in [0.717, 1.165) is 6.07 Å². The van der Waals surface area contributed by atoms with Crippen molar-refractivity contribution in [2.45, 2.75) is 6.04 Å². The van der Waals surface area contributed by atoms with Gasteiger partial charge in [-0.15, -0.1) is 0 Å². The van der Waals surface area contributed by atoms with Gasteiger partial charge in [-0.25, -0.2) is 4.39 Å². The first-order valence-corrected chi connectivity index (χ1v) is 4.00. The van der Waals surface area contributed by atoms with E-state index in [1.807, 2.05) is 0 Å². The van der Waals surface area contributed by atoms with Crippen LogP contribution in [-0.2, 0) is 0 Å². The van der Waals surface area contributed by atoms with Crippen molar-refractivity contribution in [1.82, 2.24) is 0 Å². The summed E-state index contributed by atoms with van der Waals surface area (Å²) in [4.78, 5) is 9.49. The molecule has 1 aromatic carbocycles. The lowest BCUT2D eigenvalue weighted by Crippen LogP contribution is -2.15. The van der Waals surface area contributed by atoms with E-state index in [1.54, 1.807) is 0 Å². The Hall–Kier alpha value is -1.73. The molecule has 82 valence electrons. The maximum absolute atomic E-state index is 12.9. The van der Waals surface area contributed by atoms with Gasteiger partial charge in [0.05, 0.1) is 23.6 Å². The van der Waals surface area contributed by atoms with Gasteiger partial charge < -0.3 is 15.9 Å². The molecule has 1 rings (SSSR count). The van der Waals surface area contributed by atoms with Crippen LogP contribution in [0.4, 0.5) is 10.1 Å². The largest absolute Gasteiger partial charge is 0.502 e. The molecule has 0 radical (unpaired) electrons. The maximum Gasteiger partial charge on any atom is 0.313 e. The number of aliphatic hydroxyl groups is 1. The molecule has 0 spiro atoms. The van der Waals surface area contributed by atoms with Crippen LogP contribution in [0.3, 0.4) is 0 Å². The molecular formula is C8H9FN2O4. The van der Waals surface area contributed by atoms with Gasteiger partial charge in [0.15, 0.2) is 5.75 Å². The van der Waals surface area contributed by atoms with Crippen molar-refractivity contribution in [3.05, 3.63) is 33.6 Å². The molecule has 0 fully saturated rings. The van der Waals surface area contributed by atoms with E-state index in [2.05, 4.69) is 0 Å². The number of phenols is 1. The number of nitro benzene ring substituents is 1. The van der Waals surface area contributed by atoms with Crippen molar-refractivity contribution < 1.29 is 19.5 Å². The third-order valence-electron chi connectivity index (χ3n) is 1.88. The van der Waals surface area contributed by atoms with Crippen LogP contribution in [0.2, 0.25) is 0 Å². The van der Waals surface area contributed by atoms with Crippen LogP contribution >= 0.6 is 0 Å². The zero-order valence-corrected chi connectivity index (χ0v) is 7.55. The summed E-state index contributed by atoms with van der Waals surface area (Å²) >= 11 is 0. The number of aromatic hydroxyl groups is 1. The van der Waals surface area contributed by atoms with Crippen molar-refractivity contribution in [1.29, 1.82) is 0 Å². The Morgan fingerprint density at radius 1 is 1.60 bits per heavy atom. The van der Waals surface area contributed by atoms with Crippen molar-refractivity contribution in [2.24, 2.45) is 5.73 Å². The van der Waals surface area contributed by atoms with Gasteiger partial charge in [-0.2, -0.15) is 0 Å². The SMILES string of the molecule is N[C@@H](CO)c1cc(F)cc([N+](=O)[O-])c1O. The molecule has 0 aliphatic rings. The molecule has 1 atom stereocenters. The second-order valence-corrected chi connectivity index (χ2v) is 2.91. The molecule has 0 saturated carbocycles. The first-order valence-electron chi connectivity index (χ1n) is 4.00. The van der Waals surface area contributed by atoms with E-state index in [4.69, 9.17) is 10.8 Å². The Morgan fingerprint density at radius 2 is 2.20 bits per heavy atom. The Kier molecular flexibility index (Phi) is 3.17. The summed E-state index contributed by atoms with van der Waals surface area (Å²) in [6.45, 7) is -0.547. The number of phenolic OH excluding ortho intramolecular Hbond substituents is 1. The third-order valence-corrected chi connectivity index (χ3v) is 1.88. The van der Waals surface area contributed by atoms with E-state index in [0.29, 0.717) is 6.07 Å². The summed E-state index contributed by atoms with van der Waals surface area (Å²) in [5.41, 5.74) is 4.37. The average Bonchev–Trinajstić information content (AvgIpc) is 2.19. The second kappa shape index (κ2) is 4.20. The molecule has 0 bridgehead atoms. The van der Waals surface area contributed by atoms with E-state index in [9.17, 15) is 19.6 Å². The van der Waals surface area contributed by atoms with Crippen molar-refractivity contribution in [3.8, 4) is 5.75 Å². The van der Waals surface area contributed by atoms with E-state index in [1.165, 1.54) is 0 Å². The highest BCUT2D eigenvalue weighted by molar-refractivity contribution is 5.52. The molecule has 0 amide bonds. The lowest BCUT2D eigenvalue weighted by molar-refractivity contribution is -0.386. The molecule has 0 aliphatic carbocycles. The predicted octanol–water partition coefficient (Wildman–Crippen LogP) is 0.432. The highest BCUT2D eigenvalue weighted by Crippen LogP contribution is 2.33. The van der Waals surface area contributed by atoms with Crippen molar-refractivity contribution >= 4 is 5.69 Å². The number of aliphatic hydroxyl groups excluding tert-OH is 1. The molecule has 4 N–H and O–H groups in total. The Balaban J connectivity index is 3.34. The van der Waals surface area contributed by atoms with Crippen LogP contribution in [0, 0.1) is 15.9 Å². The van der Waals surface area contributed by atoms with Gasteiger partial charge in [-0.3, -0.25) is 10.1 Å². The summed E-state index contributed by atoms with van der Waals surface area (Å²) in [7, 11) is 0. The fourth-order valence-corrected chi connectivity index (χ4v) is 1.13. The summed E-state index contributed by atoms with van der Waals surface area (Å²) in [6, 6.07) is 0.381. The second-order valence-electron chi connectivity index (χ2n) is 2.91. The number of benzene rings is 1.